The SMILES string of the molecule is CCCNC(=O)C(Cc1ccccc1)N(Cc1ccc(Cl)cc1)C(=O)CCCN(c1ccc(F)cc1)S(C)(=O)=O. The van der Waals surface area contributed by atoms with Crippen LogP contribution in [-0.4, -0.2) is 50.5 Å². The molecular weight excluding hydrogens is 553 g/mol. The van der Waals surface area contributed by atoms with Crippen molar-refractivity contribution in [1.29, 1.82) is 0 Å². The van der Waals surface area contributed by atoms with Gasteiger partial charge in [0.25, 0.3) is 0 Å². The van der Waals surface area contributed by atoms with E-state index in [2.05, 4.69) is 5.32 Å². The van der Waals surface area contributed by atoms with Crippen LogP contribution in [0.4, 0.5) is 10.1 Å². The van der Waals surface area contributed by atoms with E-state index >= 15 is 0 Å². The van der Waals surface area contributed by atoms with Crippen molar-refractivity contribution < 1.29 is 22.4 Å². The molecule has 3 aromatic rings. The van der Waals surface area contributed by atoms with Crippen LogP contribution in [0.1, 0.15) is 37.3 Å². The number of anilines is 1. The van der Waals surface area contributed by atoms with Crippen LogP contribution in [0, 0.1) is 5.82 Å². The molecule has 10 heteroatoms. The van der Waals surface area contributed by atoms with Gasteiger partial charge in [-0.3, -0.25) is 13.9 Å². The van der Waals surface area contributed by atoms with Crippen LogP contribution in [0.5, 0.6) is 0 Å². The van der Waals surface area contributed by atoms with E-state index in [1.807, 2.05) is 49.4 Å². The number of sulfonamides is 1. The predicted molar refractivity (Wildman–Crippen MR) is 157 cm³/mol. The lowest BCUT2D eigenvalue weighted by molar-refractivity contribution is -0.141. The lowest BCUT2D eigenvalue weighted by Gasteiger charge is -2.32. The van der Waals surface area contributed by atoms with E-state index in [9.17, 15) is 22.4 Å². The molecule has 0 saturated carbocycles. The van der Waals surface area contributed by atoms with Crippen LogP contribution in [0.15, 0.2) is 78.9 Å². The average molecular weight is 588 g/mol. The van der Waals surface area contributed by atoms with Crippen molar-refractivity contribution in [2.24, 2.45) is 0 Å². The van der Waals surface area contributed by atoms with Gasteiger partial charge in [0, 0.05) is 37.5 Å². The molecule has 0 radical (unpaired) electrons. The smallest absolute Gasteiger partial charge is 0.243 e. The molecule has 7 nitrogen and oxygen atoms in total. The Morgan fingerprint density at radius 2 is 1.60 bits per heavy atom. The van der Waals surface area contributed by atoms with E-state index < -0.39 is 21.9 Å². The number of halogens is 2. The molecule has 214 valence electrons. The molecule has 3 aromatic carbocycles. The lowest BCUT2D eigenvalue weighted by Crippen LogP contribution is -2.50. The van der Waals surface area contributed by atoms with Crippen molar-refractivity contribution in [3.63, 3.8) is 0 Å². The fourth-order valence-corrected chi connectivity index (χ4v) is 5.41. The number of amides is 2. The predicted octanol–water partition coefficient (Wildman–Crippen LogP) is 5.19. The molecule has 1 unspecified atom stereocenters. The Hall–Kier alpha value is -3.43. The van der Waals surface area contributed by atoms with Gasteiger partial charge in [0.1, 0.15) is 11.9 Å². The van der Waals surface area contributed by atoms with E-state index in [1.54, 1.807) is 17.0 Å². The first kappa shape index (κ1) is 31.1. The highest BCUT2D eigenvalue weighted by Gasteiger charge is 2.30. The van der Waals surface area contributed by atoms with Gasteiger partial charge in [-0.15, -0.1) is 0 Å². The van der Waals surface area contributed by atoms with Gasteiger partial charge in [-0.25, -0.2) is 12.8 Å². The second-order valence-electron chi connectivity index (χ2n) is 9.56. The van der Waals surface area contributed by atoms with Gasteiger partial charge in [0.05, 0.1) is 11.9 Å². The van der Waals surface area contributed by atoms with Crippen LogP contribution in [0.3, 0.4) is 0 Å². The number of hydrogen-bond acceptors (Lipinski definition) is 4. The summed E-state index contributed by atoms with van der Waals surface area (Å²) in [6.07, 6.45) is 2.35. The number of benzene rings is 3. The minimum atomic E-state index is -3.67. The van der Waals surface area contributed by atoms with Crippen LogP contribution in [0.25, 0.3) is 0 Å². The zero-order chi connectivity index (χ0) is 29.1. The molecule has 0 aliphatic heterocycles. The van der Waals surface area contributed by atoms with Gasteiger partial charge >= 0.3 is 0 Å². The summed E-state index contributed by atoms with van der Waals surface area (Å²) in [4.78, 5) is 28.7. The summed E-state index contributed by atoms with van der Waals surface area (Å²) < 4.78 is 39.5. The number of nitrogens with zero attached hydrogens (tertiary/aromatic N) is 2. The minimum absolute atomic E-state index is 0.00710. The summed E-state index contributed by atoms with van der Waals surface area (Å²) >= 11 is 6.06. The molecule has 0 aliphatic carbocycles. The molecular formula is C30H35ClFN3O4S. The maximum Gasteiger partial charge on any atom is 0.243 e. The van der Waals surface area contributed by atoms with E-state index in [4.69, 9.17) is 11.6 Å². The summed E-state index contributed by atoms with van der Waals surface area (Å²) in [6, 6.07) is 21.0. The third-order valence-corrected chi connectivity index (χ3v) is 7.80. The maximum absolute atomic E-state index is 13.7. The van der Waals surface area contributed by atoms with Crippen LogP contribution in [0.2, 0.25) is 5.02 Å². The second kappa shape index (κ2) is 14.8. The fraction of sp³-hybridized carbons (Fsp3) is 0.333. The monoisotopic (exact) mass is 587 g/mol. The van der Waals surface area contributed by atoms with Gasteiger partial charge in [-0.2, -0.15) is 0 Å². The third-order valence-electron chi connectivity index (χ3n) is 6.35. The van der Waals surface area contributed by atoms with Crippen molar-refractivity contribution in [2.75, 3.05) is 23.7 Å². The number of carbonyl (C=O) groups is 2. The van der Waals surface area contributed by atoms with E-state index in [0.29, 0.717) is 23.7 Å². The molecule has 0 aromatic heterocycles. The van der Waals surface area contributed by atoms with E-state index in [0.717, 1.165) is 28.1 Å². The molecule has 0 bridgehead atoms. The minimum Gasteiger partial charge on any atom is -0.354 e. The molecule has 1 atom stereocenters. The summed E-state index contributed by atoms with van der Waals surface area (Å²) in [5.41, 5.74) is 2.03. The highest BCUT2D eigenvalue weighted by Crippen LogP contribution is 2.21. The van der Waals surface area contributed by atoms with Gasteiger partial charge in [-0.05, 0) is 60.4 Å². The highest BCUT2D eigenvalue weighted by molar-refractivity contribution is 7.92. The van der Waals surface area contributed by atoms with Crippen molar-refractivity contribution in [3.05, 3.63) is 101 Å². The molecule has 0 spiro atoms. The Morgan fingerprint density at radius 3 is 2.20 bits per heavy atom. The Morgan fingerprint density at radius 1 is 0.950 bits per heavy atom. The number of nitrogens with one attached hydrogen (secondary N) is 1. The summed E-state index contributed by atoms with van der Waals surface area (Å²) in [7, 11) is -3.67. The maximum atomic E-state index is 13.7. The largest absolute Gasteiger partial charge is 0.354 e. The number of rotatable bonds is 14. The Bertz CT molecular complexity index is 1350. The van der Waals surface area contributed by atoms with E-state index in [-0.39, 0.29) is 37.7 Å². The topological polar surface area (TPSA) is 86.8 Å². The average Bonchev–Trinajstić information content (AvgIpc) is 2.93. The van der Waals surface area contributed by atoms with Crippen molar-refractivity contribution in [1.82, 2.24) is 10.2 Å². The Kier molecular flexibility index (Phi) is 11.5. The standard InChI is InChI=1S/C30H35ClFN3O4S/c1-3-19-33-30(37)28(21-23-8-5-4-6-9-23)34(22-24-11-13-25(31)14-12-24)29(36)10-7-20-35(40(2,38)39)27-17-15-26(32)16-18-27/h4-6,8-9,11-18,28H,3,7,10,19-22H2,1-2H3,(H,33,37). The van der Waals surface area contributed by atoms with Crippen molar-refractivity contribution >= 4 is 39.1 Å². The van der Waals surface area contributed by atoms with Crippen LogP contribution in [-0.2, 0) is 32.6 Å². The fourth-order valence-electron chi connectivity index (χ4n) is 4.32. The number of carbonyl (C=O) groups excluding carboxylic acids is 2. The molecule has 40 heavy (non-hydrogen) atoms. The summed E-state index contributed by atoms with van der Waals surface area (Å²) in [5.74, 6) is -1.01. The van der Waals surface area contributed by atoms with Gasteiger partial charge < -0.3 is 10.2 Å². The first-order chi connectivity index (χ1) is 19.1. The Balaban J connectivity index is 1.85. The van der Waals surface area contributed by atoms with Crippen molar-refractivity contribution in [3.8, 4) is 0 Å². The molecule has 0 saturated heterocycles. The second-order valence-corrected chi connectivity index (χ2v) is 11.9. The Labute approximate surface area is 241 Å². The summed E-state index contributed by atoms with van der Waals surface area (Å²) in [5, 5.41) is 3.49. The molecule has 1 N–H and O–H groups in total. The molecule has 3 rings (SSSR count). The normalized spacial score (nSPS) is 12.0. The van der Waals surface area contributed by atoms with Gasteiger partial charge in [0.15, 0.2) is 0 Å². The highest BCUT2D eigenvalue weighted by atomic mass is 35.5. The summed E-state index contributed by atoms with van der Waals surface area (Å²) in [6.45, 7) is 2.64. The molecule has 0 fully saturated rings. The number of hydrogen-bond donors (Lipinski definition) is 1. The van der Waals surface area contributed by atoms with Gasteiger partial charge in [-0.1, -0.05) is 61.0 Å². The molecule has 0 aliphatic rings. The lowest BCUT2D eigenvalue weighted by atomic mass is 10.0. The van der Waals surface area contributed by atoms with Crippen LogP contribution >= 0.6 is 11.6 Å². The van der Waals surface area contributed by atoms with Crippen LogP contribution < -0.4 is 9.62 Å². The molecule has 0 heterocycles. The zero-order valence-corrected chi connectivity index (χ0v) is 24.3. The quantitative estimate of drug-likeness (QED) is 0.281. The first-order valence-electron chi connectivity index (χ1n) is 13.2. The first-order valence-corrected chi connectivity index (χ1v) is 15.4. The molecule has 2 amide bonds. The van der Waals surface area contributed by atoms with Gasteiger partial charge in [0.2, 0.25) is 21.8 Å². The third kappa shape index (κ3) is 9.34. The zero-order valence-electron chi connectivity index (χ0n) is 22.7. The van der Waals surface area contributed by atoms with Crippen molar-refractivity contribution in [2.45, 2.75) is 45.2 Å². The van der Waals surface area contributed by atoms with E-state index in [1.165, 1.54) is 24.3 Å².